The van der Waals surface area contributed by atoms with Crippen LogP contribution in [0.3, 0.4) is 0 Å². The van der Waals surface area contributed by atoms with Crippen LogP contribution in [0.5, 0.6) is 11.5 Å². The molecule has 5 rings (SSSR count). The van der Waals surface area contributed by atoms with E-state index >= 15 is 0 Å². The molecule has 2 aromatic carbocycles. The van der Waals surface area contributed by atoms with Crippen molar-refractivity contribution in [1.29, 1.82) is 0 Å². The van der Waals surface area contributed by atoms with Gasteiger partial charge in [0, 0.05) is 17.1 Å². The molecule has 2 aromatic heterocycles. The topological polar surface area (TPSA) is 84.1 Å². The van der Waals surface area contributed by atoms with Gasteiger partial charge in [-0.1, -0.05) is 17.4 Å². The van der Waals surface area contributed by atoms with Crippen LogP contribution in [-0.2, 0) is 9.53 Å². The molecule has 0 radical (unpaired) electrons. The molecule has 0 saturated carbocycles. The third-order valence-corrected chi connectivity index (χ3v) is 8.22. The van der Waals surface area contributed by atoms with E-state index in [4.69, 9.17) is 14.2 Å². The molecular weight excluding hydrogens is 569 g/mol. The van der Waals surface area contributed by atoms with Crippen molar-refractivity contribution < 1.29 is 23.4 Å². The second kappa shape index (κ2) is 12.4. The number of carbonyl (C=O) groups is 1. The van der Waals surface area contributed by atoms with Crippen molar-refractivity contribution in [3.8, 4) is 17.2 Å². The average Bonchev–Trinajstić information content (AvgIpc) is 3.43. The zero-order valence-electron chi connectivity index (χ0n) is 25.1. The Labute approximate surface area is 253 Å². The maximum atomic E-state index is 14.1. The van der Waals surface area contributed by atoms with Crippen molar-refractivity contribution in [3.05, 3.63) is 108 Å². The Morgan fingerprint density at radius 1 is 0.977 bits per heavy atom. The summed E-state index contributed by atoms with van der Waals surface area (Å²) in [6.07, 6.45) is 1.84. The zero-order chi connectivity index (χ0) is 30.8. The zero-order valence-corrected chi connectivity index (χ0v) is 25.9. The molecule has 0 fully saturated rings. The first-order valence-corrected chi connectivity index (χ1v) is 15.0. The third-order valence-electron chi connectivity index (χ3n) is 7.24. The van der Waals surface area contributed by atoms with Crippen LogP contribution in [0.4, 0.5) is 4.39 Å². The minimum atomic E-state index is -0.779. The van der Waals surface area contributed by atoms with Gasteiger partial charge in [0.15, 0.2) is 16.3 Å². The number of esters is 1. The van der Waals surface area contributed by atoms with Gasteiger partial charge in [0.2, 0.25) is 0 Å². The van der Waals surface area contributed by atoms with E-state index in [1.165, 1.54) is 23.5 Å². The molecule has 224 valence electrons. The molecule has 0 aliphatic carbocycles. The van der Waals surface area contributed by atoms with E-state index in [0.717, 1.165) is 22.6 Å². The number of allylic oxidation sites excluding steroid dienone is 1. The number of aryl methyl sites for hydroxylation is 1. The minimum absolute atomic E-state index is 0.184. The first kappa shape index (κ1) is 30.0. The van der Waals surface area contributed by atoms with E-state index in [-0.39, 0.29) is 18.0 Å². The van der Waals surface area contributed by atoms with E-state index in [0.29, 0.717) is 50.9 Å². The van der Waals surface area contributed by atoms with Gasteiger partial charge in [-0.15, -0.1) is 0 Å². The molecule has 0 saturated heterocycles. The smallest absolute Gasteiger partial charge is 0.338 e. The van der Waals surface area contributed by atoms with Gasteiger partial charge in [0.1, 0.15) is 5.82 Å². The lowest BCUT2D eigenvalue weighted by Crippen LogP contribution is -2.40. The van der Waals surface area contributed by atoms with E-state index < -0.39 is 12.0 Å². The standard InChI is InChI=1S/C33H34FN3O5S/c1-7-40-26-15-10-22(17-27(26)41-8-2)30-29(32(39)42-9-3)20(5)35-33-37(30)31(38)28(43-33)18-23-16-19(4)36(21(23)6)25-13-11-24(34)12-14-25/h10-18,30H,7-9H2,1-6H3/b28-18-/t30-/m0/s1. The van der Waals surface area contributed by atoms with E-state index in [9.17, 15) is 14.0 Å². The Morgan fingerprint density at radius 3 is 2.35 bits per heavy atom. The largest absolute Gasteiger partial charge is 0.490 e. The Bertz CT molecular complexity index is 1900. The van der Waals surface area contributed by atoms with Crippen molar-refractivity contribution in [1.82, 2.24) is 9.13 Å². The van der Waals surface area contributed by atoms with E-state index in [1.807, 2.05) is 56.5 Å². The summed E-state index contributed by atoms with van der Waals surface area (Å²) in [6, 6.07) is 12.9. The lowest BCUT2D eigenvalue weighted by atomic mass is 9.95. The van der Waals surface area contributed by atoms with E-state index in [1.54, 1.807) is 36.6 Å². The summed E-state index contributed by atoms with van der Waals surface area (Å²) in [7, 11) is 0. The summed E-state index contributed by atoms with van der Waals surface area (Å²) in [5.74, 6) is 0.267. The van der Waals surface area contributed by atoms with Crippen molar-refractivity contribution in [2.24, 2.45) is 4.99 Å². The van der Waals surface area contributed by atoms with Crippen molar-refractivity contribution >= 4 is 23.4 Å². The fraction of sp³-hybridized carbons (Fsp3) is 0.303. The van der Waals surface area contributed by atoms with Gasteiger partial charge in [-0.05, 0) is 101 Å². The summed E-state index contributed by atoms with van der Waals surface area (Å²) < 4.78 is 34.6. The van der Waals surface area contributed by atoms with Gasteiger partial charge in [-0.3, -0.25) is 9.36 Å². The number of aromatic nitrogens is 2. The monoisotopic (exact) mass is 603 g/mol. The molecule has 1 aliphatic heterocycles. The van der Waals surface area contributed by atoms with Crippen molar-refractivity contribution in [2.75, 3.05) is 19.8 Å². The number of ether oxygens (including phenoxy) is 3. The number of nitrogens with zero attached hydrogens (tertiary/aromatic N) is 3. The van der Waals surface area contributed by atoms with Crippen LogP contribution in [-0.4, -0.2) is 34.9 Å². The summed E-state index contributed by atoms with van der Waals surface area (Å²) in [6.45, 7) is 12.3. The van der Waals surface area contributed by atoms with Gasteiger partial charge in [-0.2, -0.15) is 0 Å². The molecule has 4 aromatic rings. The van der Waals surface area contributed by atoms with Gasteiger partial charge in [0.25, 0.3) is 5.56 Å². The third kappa shape index (κ3) is 5.67. The normalized spacial score (nSPS) is 14.9. The fourth-order valence-corrected chi connectivity index (χ4v) is 6.44. The minimum Gasteiger partial charge on any atom is -0.490 e. The summed E-state index contributed by atoms with van der Waals surface area (Å²) in [4.78, 5) is 32.6. The molecule has 1 aliphatic rings. The maximum absolute atomic E-state index is 14.1. The highest BCUT2D eigenvalue weighted by molar-refractivity contribution is 7.07. The highest BCUT2D eigenvalue weighted by atomic mass is 32.1. The van der Waals surface area contributed by atoms with Gasteiger partial charge in [-0.25, -0.2) is 14.2 Å². The predicted octanol–water partition coefficient (Wildman–Crippen LogP) is 5.14. The molecule has 10 heteroatoms. The number of carbonyl (C=O) groups excluding carboxylic acids is 1. The second-order valence-corrected chi connectivity index (χ2v) is 11.0. The quantitative estimate of drug-likeness (QED) is 0.248. The highest BCUT2D eigenvalue weighted by Crippen LogP contribution is 2.36. The summed E-state index contributed by atoms with van der Waals surface area (Å²) in [5, 5.41) is 0. The van der Waals surface area contributed by atoms with Crippen LogP contribution in [0.15, 0.2) is 69.6 Å². The van der Waals surface area contributed by atoms with E-state index in [2.05, 4.69) is 4.99 Å². The number of benzene rings is 2. The lowest BCUT2D eigenvalue weighted by molar-refractivity contribution is -0.139. The Kier molecular flexibility index (Phi) is 8.68. The molecule has 3 heterocycles. The number of fused-ring (bicyclic) bond motifs is 1. The number of hydrogen-bond acceptors (Lipinski definition) is 7. The predicted molar refractivity (Wildman–Crippen MR) is 164 cm³/mol. The van der Waals surface area contributed by atoms with Gasteiger partial charge >= 0.3 is 5.97 Å². The molecule has 0 N–H and O–H groups in total. The number of rotatable bonds is 9. The molecule has 1 atom stereocenters. The lowest BCUT2D eigenvalue weighted by Gasteiger charge is -2.25. The Balaban J connectivity index is 1.69. The SMILES string of the molecule is CCOC(=O)C1=C(C)N=c2s/c(=C\c3cc(C)n(-c4ccc(F)cc4)c3C)c(=O)n2[C@H]1c1ccc(OCC)c(OCC)c1. The molecule has 0 bridgehead atoms. The van der Waals surface area contributed by atoms with Crippen LogP contribution in [0.2, 0.25) is 0 Å². The fourth-order valence-electron chi connectivity index (χ4n) is 5.41. The van der Waals surface area contributed by atoms with Gasteiger partial charge in [0.05, 0.1) is 41.7 Å². The number of thiazole rings is 1. The van der Waals surface area contributed by atoms with Crippen LogP contribution >= 0.6 is 11.3 Å². The van der Waals surface area contributed by atoms with Crippen LogP contribution in [0, 0.1) is 19.7 Å². The first-order valence-electron chi connectivity index (χ1n) is 14.2. The molecule has 0 unspecified atom stereocenters. The summed E-state index contributed by atoms with van der Waals surface area (Å²) in [5.41, 5.74) is 4.70. The highest BCUT2D eigenvalue weighted by Gasteiger charge is 2.34. The van der Waals surface area contributed by atoms with Crippen LogP contribution in [0.25, 0.3) is 11.8 Å². The second-order valence-electron chi connectivity index (χ2n) is 10.0. The number of hydrogen-bond donors (Lipinski definition) is 0. The Morgan fingerprint density at radius 2 is 1.67 bits per heavy atom. The summed E-state index contributed by atoms with van der Waals surface area (Å²) >= 11 is 1.26. The molecule has 8 nitrogen and oxygen atoms in total. The molecule has 0 spiro atoms. The van der Waals surface area contributed by atoms with Crippen LogP contribution < -0.4 is 24.4 Å². The molecule has 0 amide bonds. The number of halogens is 1. The average molecular weight is 604 g/mol. The van der Waals surface area contributed by atoms with Crippen LogP contribution in [0.1, 0.15) is 56.3 Å². The van der Waals surface area contributed by atoms with Gasteiger partial charge < -0.3 is 18.8 Å². The molecular formula is C33H34FN3O5S. The first-order chi connectivity index (χ1) is 20.7. The van der Waals surface area contributed by atoms with Crippen molar-refractivity contribution in [2.45, 2.75) is 47.6 Å². The molecule has 43 heavy (non-hydrogen) atoms. The Hall–Kier alpha value is -4.44. The van der Waals surface area contributed by atoms with Crippen molar-refractivity contribution in [3.63, 3.8) is 0 Å². The maximum Gasteiger partial charge on any atom is 0.338 e.